The van der Waals surface area contributed by atoms with Gasteiger partial charge in [0.15, 0.2) is 11.5 Å². The highest BCUT2D eigenvalue weighted by molar-refractivity contribution is 7.22. The van der Waals surface area contributed by atoms with Gasteiger partial charge in [-0.1, -0.05) is 0 Å². The Labute approximate surface area is 160 Å². The fourth-order valence-corrected chi connectivity index (χ4v) is 4.77. The molecule has 2 aromatic carbocycles. The number of nitrogens with zero attached hydrogens (tertiary/aromatic N) is 2. The van der Waals surface area contributed by atoms with Gasteiger partial charge >= 0.3 is 0 Å². The number of rotatable bonds is 2. The molecule has 3 heterocycles. The van der Waals surface area contributed by atoms with Gasteiger partial charge < -0.3 is 20.8 Å². The van der Waals surface area contributed by atoms with Crippen LogP contribution in [-0.4, -0.2) is 34.3 Å². The molecule has 0 aliphatic carbocycles. The lowest BCUT2D eigenvalue weighted by molar-refractivity contribution is 0.404. The second-order valence-electron chi connectivity index (χ2n) is 7.05. The van der Waals surface area contributed by atoms with E-state index in [4.69, 9.17) is 5.73 Å². The Morgan fingerprint density at radius 3 is 2.70 bits per heavy atom. The number of pyridine rings is 1. The number of fused-ring (bicyclic) bond motifs is 3. The van der Waals surface area contributed by atoms with E-state index in [0.29, 0.717) is 0 Å². The van der Waals surface area contributed by atoms with Crippen molar-refractivity contribution in [3.8, 4) is 21.9 Å². The van der Waals surface area contributed by atoms with Crippen LogP contribution in [0.4, 0.5) is 5.69 Å². The quantitative estimate of drug-likeness (QED) is 0.459. The van der Waals surface area contributed by atoms with Crippen LogP contribution < -0.4 is 10.6 Å². The van der Waals surface area contributed by atoms with Crippen molar-refractivity contribution in [2.45, 2.75) is 12.5 Å². The average Bonchev–Trinajstić information content (AvgIpc) is 3.30. The zero-order chi connectivity index (χ0) is 18.5. The van der Waals surface area contributed by atoms with Crippen molar-refractivity contribution in [1.29, 1.82) is 0 Å². The lowest BCUT2D eigenvalue weighted by Crippen LogP contribution is -2.26. The van der Waals surface area contributed by atoms with Gasteiger partial charge in [-0.25, -0.2) is 0 Å². The third kappa shape index (κ3) is 2.78. The summed E-state index contributed by atoms with van der Waals surface area (Å²) in [6, 6.07) is 13.7. The number of benzene rings is 2. The van der Waals surface area contributed by atoms with E-state index in [0.717, 1.165) is 50.9 Å². The zero-order valence-electron chi connectivity index (χ0n) is 14.6. The molecule has 5 rings (SSSR count). The molecule has 1 atom stereocenters. The Bertz CT molecular complexity index is 1170. The molecule has 136 valence electrons. The molecule has 1 aliphatic heterocycles. The van der Waals surface area contributed by atoms with Crippen LogP contribution in [0.3, 0.4) is 0 Å². The van der Waals surface area contributed by atoms with E-state index in [-0.39, 0.29) is 17.5 Å². The highest BCUT2D eigenvalue weighted by Gasteiger charge is 2.20. The molecule has 1 aliphatic rings. The zero-order valence-corrected chi connectivity index (χ0v) is 15.4. The van der Waals surface area contributed by atoms with E-state index in [1.807, 2.05) is 12.3 Å². The smallest absolute Gasteiger partial charge is 0.158 e. The number of hydrogen-bond acceptors (Lipinski definition) is 6. The number of anilines is 1. The van der Waals surface area contributed by atoms with Gasteiger partial charge in [0.05, 0.1) is 10.2 Å². The van der Waals surface area contributed by atoms with Crippen molar-refractivity contribution in [2.24, 2.45) is 5.73 Å². The molecule has 1 saturated heterocycles. The number of aromatic hydroxyl groups is 2. The summed E-state index contributed by atoms with van der Waals surface area (Å²) in [5.41, 5.74) is 9.09. The van der Waals surface area contributed by atoms with Gasteiger partial charge in [0, 0.05) is 46.7 Å². The molecule has 2 aromatic heterocycles. The Balaban J connectivity index is 1.64. The molecule has 6 heteroatoms. The molecule has 27 heavy (non-hydrogen) atoms. The first-order valence-electron chi connectivity index (χ1n) is 8.94. The number of aromatic nitrogens is 1. The molecule has 0 radical (unpaired) electrons. The summed E-state index contributed by atoms with van der Waals surface area (Å²) in [7, 11) is 0. The van der Waals surface area contributed by atoms with E-state index < -0.39 is 0 Å². The molecule has 4 aromatic rings. The highest BCUT2D eigenvalue weighted by atomic mass is 32.1. The molecule has 0 unspecified atom stereocenters. The molecule has 0 bridgehead atoms. The monoisotopic (exact) mass is 377 g/mol. The minimum Gasteiger partial charge on any atom is -0.504 e. The van der Waals surface area contributed by atoms with Crippen molar-refractivity contribution in [3.05, 3.63) is 48.7 Å². The van der Waals surface area contributed by atoms with Crippen molar-refractivity contribution >= 4 is 38.0 Å². The average molecular weight is 377 g/mol. The van der Waals surface area contributed by atoms with Crippen molar-refractivity contribution in [2.75, 3.05) is 18.0 Å². The van der Waals surface area contributed by atoms with Gasteiger partial charge in [-0.15, -0.1) is 11.3 Å². The van der Waals surface area contributed by atoms with Crippen molar-refractivity contribution < 1.29 is 10.2 Å². The second-order valence-corrected chi connectivity index (χ2v) is 8.13. The minimum absolute atomic E-state index is 0.111. The molecule has 0 spiro atoms. The number of hydrogen-bond donors (Lipinski definition) is 3. The lowest BCUT2D eigenvalue weighted by Gasteiger charge is -2.18. The van der Waals surface area contributed by atoms with Crippen LogP contribution in [0.25, 0.3) is 31.4 Å². The van der Waals surface area contributed by atoms with Gasteiger partial charge in [-0.2, -0.15) is 0 Å². The first kappa shape index (κ1) is 16.4. The summed E-state index contributed by atoms with van der Waals surface area (Å²) in [5.74, 6) is -0.221. The Morgan fingerprint density at radius 1 is 1.04 bits per heavy atom. The maximum atomic E-state index is 9.81. The molecule has 0 saturated carbocycles. The molecular formula is C21H19N3O2S. The molecular weight excluding hydrogens is 358 g/mol. The fourth-order valence-electron chi connectivity index (χ4n) is 3.73. The Kier molecular flexibility index (Phi) is 3.70. The second kappa shape index (κ2) is 6.11. The molecule has 5 nitrogen and oxygen atoms in total. The van der Waals surface area contributed by atoms with Gasteiger partial charge in [0.25, 0.3) is 0 Å². The summed E-state index contributed by atoms with van der Waals surface area (Å²) in [6.07, 6.45) is 2.92. The predicted octanol–water partition coefficient (Wildman–Crippen LogP) is 4.07. The SMILES string of the molecule is N[C@@H]1CCN(c2ccc3ncc4sc(-c5ccc(O)c(O)c5)cc4c3c2)C1. The fraction of sp³-hybridized carbons (Fsp3) is 0.190. The standard InChI is InChI=1S/C21H19N3O2S/c22-13-5-6-24(11-13)14-2-3-17-15(8-14)16-9-20(27-21(16)10-23-17)12-1-4-18(25)19(26)7-12/h1-4,7-10,13,25-26H,5-6,11,22H2/t13-/m1/s1. The lowest BCUT2D eigenvalue weighted by atomic mass is 10.1. The molecule has 0 amide bonds. The Morgan fingerprint density at radius 2 is 1.93 bits per heavy atom. The first-order valence-corrected chi connectivity index (χ1v) is 9.75. The number of thiophene rings is 1. The third-order valence-corrected chi connectivity index (χ3v) is 6.32. The molecule has 1 fully saturated rings. The van der Waals surface area contributed by atoms with Crippen LogP contribution in [0.5, 0.6) is 11.5 Å². The summed E-state index contributed by atoms with van der Waals surface area (Å²) in [6.45, 7) is 1.87. The summed E-state index contributed by atoms with van der Waals surface area (Å²) in [5, 5.41) is 21.6. The van der Waals surface area contributed by atoms with Crippen LogP contribution in [-0.2, 0) is 0 Å². The van der Waals surface area contributed by atoms with Crippen LogP contribution in [0.2, 0.25) is 0 Å². The summed E-state index contributed by atoms with van der Waals surface area (Å²) < 4.78 is 1.10. The first-order chi connectivity index (χ1) is 13.1. The summed E-state index contributed by atoms with van der Waals surface area (Å²) >= 11 is 1.63. The van der Waals surface area contributed by atoms with Crippen LogP contribution in [0.15, 0.2) is 48.7 Å². The van der Waals surface area contributed by atoms with Gasteiger partial charge in [0.2, 0.25) is 0 Å². The van der Waals surface area contributed by atoms with Gasteiger partial charge in [-0.3, -0.25) is 4.98 Å². The highest BCUT2D eigenvalue weighted by Crippen LogP contribution is 2.39. The normalized spacial score (nSPS) is 17.2. The summed E-state index contributed by atoms with van der Waals surface area (Å²) in [4.78, 5) is 7.97. The third-order valence-electron chi connectivity index (χ3n) is 5.20. The maximum absolute atomic E-state index is 9.81. The van der Waals surface area contributed by atoms with Crippen molar-refractivity contribution in [1.82, 2.24) is 4.98 Å². The predicted molar refractivity (Wildman–Crippen MR) is 111 cm³/mol. The van der Waals surface area contributed by atoms with E-state index in [2.05, 4.69) is 34.1 Å². The number of nitrogens with two attached hydrogens (primary N) is 1. The van der Waals surface area contributed by atoms with Crippen LogP contribution >= 0.6 is 11.3 Å². The maximum Gasteiger partial charge on any atom is 0.158 e. The van der Waals surface area contributed by atoms with E-state index in [1.54, 1.807) is 17.4 Å². The minimum atomic E-state index is -0.111. The topological polar surface area (TPSA) is 82.6 Å². The van der Waals surface area contributed by atoms with E-state index in [9.17, 15) is 10.2 Å². The van der Waals surface area contributed by atoms with Crippen LogP contribution in [0, 0.1) is 0 Å². The largest absolute Gasteiger partial charge is 0.504 e. The van der Waals surface area contributed by atoms with Gasteiger partial charge in [0.1, 0.15) is 0 Å². The van der Waals surface area contributed by atoms with Gasteiger partial charge in [-0.05, 0) is 54.4 Å². The van der Waals surface area contributed by atoms with E-state index in [1.165, 1.54) is 11.8 Å². The number of phenolic OH excluding ortho intramolecular Hbond substituents is 2. The Hall–Kier alpha value is -2.83. The number of phenols is 2. The van der Waals surface area contributed by atoms with Crippen LogP contribution in [0.1, 0.15) is 6.42 Å². The van der Waals surface area contributed by atoms with E-state index >= 15 is 0 Å². The van der Waals surface area contributed by atoms with Crippen molar-refractivity contribution in [3.63, 3.8) is 0 Å². The molecule has 4 N–H and O–H groups in total.